The van der Waals surface area contributed by atoms with Crippen molar-refractivity contribution < 1.29 is 19.8 Å². The summed E-state index contributed by atoms with van der Waals surface area (Å²) in [5.74, 6) is -2.29. The van der Waals surface area contributed by atoms with Gasteiger partial charge in [0, 0.05) is 0 Å². The second-order valence-electron chi connectivity index (χ2n) is 5.73. The molecule has 0 unspecified atom stereocenters. The van der Waals surface area contributed by atoms with Gasteiger partial charge in [-0.1, -0.05) is 54.6 Å². The van der Waals surface area contributed by atoms with Crippen molar-refractivity contribution in [1.29, 1.82) is 0 Å². The Balaban J connectivity index is 2.29. The van der Waals surface area contributed by atoms with Gasteiger partial charge < -0.3 is 10.2 Å². The summed E-state index contributed by atoms with van der Waals surface area (Å²) >= 11 is 0. The van der Waals surface area contributed by atoms with Crippen molar-refractivity contribution in [3.63, 3.8) is 0 Å². The van der Waals surface area contributed by atoms with Gasteiger partial charge in [0.05, 0.1) is 11.1 Å². The summed E-state index contributed by atoms with van der Waals surface area (Å²) in [5.41, 5.74) is 3.63. The lowest BCUT2D eigenvalue weighted by molar-refractivity contribution is 0.0695. The van der Waals surface area contributed by atoms with E-state index in [1.165, 1.54) is 6.07 Å². The van der Waals surface area contributed by atoms with E-state index in [0.717, 1.165) is 16.7 Å². The number of benzene rings is 3. The molecular formula is C21H16O4. The van der Waals surface area contributed by atoms with E-state index in [1.807, 2.05) is 54.6 Å². The van der Waals surface area contributed by atoms with Gasteiger partial charge in [-0.3, -0.25) is 0 Å². The Bertz CT molecular complexity index is 959. The molecule has 4 heteroatoms. The number of carboxylic acid groups (broad SMARTS) is 2. The maximum absolute atomic E-state index is 11.7. The molecule has 0 spiro atoms. The second kappa shape index (κ2) is 6.61. The molecule has 4 nitrogen and oxygen atoms in total. The van der Waals surface area contributed by atoms with Crippen molar-refractivity contribution in [3.05, 3.63) is 83.4 Å². The van der Waals surface area contributed by atoms with Crippen LogP contribution in [0.3, 0.4) is 0 Å². The van der Waals surface area contributed by atoms with E-state index < -0.39 is 11.9 Å². The number of aromatic carboxylic acids is 2. The largest absolute Gasteiger partial charge is 0.478 e. The molecule has 0 aliphatic heterocycles. The second-order valence-corrected chi connectivity index (χ2v) is 5.73. The highest BCUT2D eigenvalue weighted by molar-refractivity contribution is 6.02. The van der Waals surface area contributed by atoms with Gasteiger partial charge in [0.1, 0.15) is 0 Å². The Morgan fingerprint density at radius 3 is 1.84 bits per heavy atom. The molecule has 3 aromatic carbocycles. The van der Waals surface area contributed by atoms with Gasteiger partial charge in [-0.15, -0.1) is 0 Å². The number of hydrogen-bond acceptors (Lipinski definition) is 2. The molecule has 3 aromatic rings. The van der Waals surface area contributed by atoms with Crippen LogP contribution >= 0.6 is 0 Å². The van der Waals surface area contributed by atoms with Crippen molar-refractivity contribution in [2.45, 2.75) is 6.92 Å². The van der Waals surface area contributed by atoms with Crippen LogP contribution < -0.4 is 0 Å². The quantitative estimate of drug-likeness (QED) is 0.724. The predicted molar refractivity (Wildman–Crippen MR) is 96.0 cm³/mol. The normalized spacial score (nSPS) is 10.4. The van der Waals surface area contributed by atoms with Crippen molar-refractivity contribution in [3.8, 4) is 22.3 Å². The summed E-state index contributed by atoms with van der Waals surface area (Å²) in [5, 5.41) is 18.9. The van der Waals surface area contributed by atoms with E-state index in [0.29, 0.717) is 11.1 Å². The Kier molecular flexibility index (Phi) is 4.35. The van der Waals surface area contributed by atoms with E-state index in [9.17, 15) is 19.8 Å². The molecule has 3 rings (SSSR count). The lowest BCUT2D eigenvalue weighted by atomic mass is 9.89. The zero-order valence-electron chi connectivity index (χ0n) is 13.6. The average molecular weight is 332 g/mol. The van der Waals surface area contributed by atoms with Crippen LogP contribution in [-0.4, -0.2) is 22.2 Å². The third-order valence-corrected chi connectivity index (χ3v) is 4.13. The molecule has 0 aliphatic carbocycles. The summed E-state index contributed by atoms with van der Waals surface area (Å²) in [6.07, 6.45) is 0. The number of hydrogen-bond donors (Lipinski definition) is 2. The third kappa shape index (κ3) is 3.15. The van der Waals surface area contributed by atoms with Gasteiger partial charge in [0.15, 0.2) is 0 Å². The molecule has 0 saturated carbocycles. The Labute approximate surface area is 145 Å². The van der Waals surface area contributed by atoms with Gasteiger partial charge in [-0.25, -0.2) is 9.59 Å². The monoisotopic (exact) mass is 332 g/mol. The van der Waals surface area contributed by atoms with Gasteiger partial charge in [0.25, 0.3) is 0 Å². The smallest absolute Gasteiger partial charge is 0.336 e. The number of carboxylic acids is 2. The van der Waals surface area contributed by atoms with Crippen LogP contribution in [0.5, 0.6) is 0 Å². The third-order valence-electron chi connectivity index (χ3n) is 4.13. The molecule has 0 amide bonds. The SMILES string of the molecule is Cc1cc(-c2ccccc2-c2ccccc2)c(C(=O)O)cc1C(=O)O. The van der Waals surface area contributed by atoms with Gasteiger partial charge in [-0.05, 0) is 46.9 Å². The van der Waals surface area contributed by atoms with Crippen LogP contribution in [0.1, 0.15) is 26.3 Å². The first-order valence-corrected chi connectivity index (χ1v) is 7.75. The van der Waals surface area contributed by atoms with Crippen molar-refractivity contribution >= 4 is 11.9 Å². The molecule has 0 aromatic heterocycles. The summed E-state index contributed by atoms with van der Waals surface area (Å²) in [6.45, 7) is 1.67. The van der Waals surface area contributed by atoms with E-state index in [2.05, 4.69) is 0 Å². The fourth-order valence-electron chi connectivity index (χ4n) is 2.93. The zero-order chi connectivity index (χ0) is 18.0. The molecule has 0 aliphatic rings. The molecule has 0 saturated heterocycles. The molecular weight excluding hydrogens is 316 g/mol. The van der Waals surface area contributed by atoms with Crippen LogP contribution in [0, 0.1) is 6.92 Å². The van der Waals surface area contributed by atoms with Gasteiger partial charge in [0.2, 0.25) is 0 Å². The highest BCUT2D eigenvalue weighted by Crippen LogP contribution is 2.35. The maximum atomic E-state index is 11.7. The van der Waals surface area contributed by atoms with Crippen LogP contribution in [0.2, 0.25) is 0 Å². The highest BCUT2D eigenvalue weighted by Gasteiger charge is 2.19. The maximum Gasteiger partial charge on any atom is 0.336 e. The van der Waals surface area contributed by atoms with E-state index in [4.69, 9.17) is 0 Å². The fraction of sp³-hybridized carbons (Fsp3) is 0.0476. The van der Waals surface area contributed by atoms with Gasteiger partial charge in [-0.2, -0.15) is 0 Å². The average Bonchev–Trinajstić information content (AvgIpc) is 2.61. The van der Waals surface area contributed by atoms with Crippen LogP contribution in [0.4, 0.5) is 0 Å². The summed E-state index contributed by atoms with van der Waals surface area (Å²) in [4.78, 5) is 23.1. The highest BCUT2D eigenvalue weighted by atomic mass is 16.4. The lowest BCUT2D eigenvalue weighted by Crippen LogP contribution is -2.07. The molecule has 0 radical (unpaired) electrons. The summed E-state index contributed by atoms with van der Waals surface area (Å²) in [6, 6.07) is 20.0. The van der Waals surface area contributed by atoms with E-state index in [-0.39, 0.29) is 11.1 Å². The molecule has 0 heterocycles. The predicted octanol–water partition coefficient (Wildman–Crippen LogP) is 4.73. The minimum atomic E-state index is -1.15. The molecule has 124 valence electrons. The first kappa shape index (κ1) is 16.5. The minimum absolute atomic E-state index is 0.00153. The first-order chi connectivity index (χ1) is 12.0. The Hall–Kier alpha value is -3.40. The van der Waals surface area contributed by atoms with Crippen molar-refractivity contribution in [2.75, 3.05) is 0 Å². The zero-order valence-corrected chi connectivity index (χ0v) is 13.6. The Morgan fingerprint density at radius 2 is 1.24 bits per heavy atom. The van der Waals surface area contributed by atoms with Crippen molar-refractivity contribution in [2.24, 2.45) is 0 Å². The van der Waals surface area contributed by atoms with E-state index >= 15 is 0 Å². The topological polar surface area (TPSA) is 74.6 Å². The van der Waals surface area contributed by atoms with Crippen molar-refractivity contribution in [1.82, 2.24) is 0 Å². The first-order valence-electron chi connectivity index (χ1n) is 7.75. The number of carbonyl (C=O) groups is 2. The molecule has 2 N–H and O–H groups in total. The van der Waals surface area contributed by atoms with Crippen LogP contribution in [0.15, 0.2) is 66.7 Å². The number of rotatable bonds is 4. The molecule has 0 bridgehead atoms. The number of aryl methyl sites for hydroxylation is 1. The molecule has 0 atom stereocenters. The summed E-state index contributed by atoms with van der Waals surface area (Å²) in [7, 11) is 0. The van der Waals surface area contributed by atoms with Crippen LogP contribution in [0.25, 0.3) is 22.3 Å². The fourth-order valence-corrected chi connectivity index (χ4v) is 2.93. The molecule has 0 fully saturated rings. The minimum Gasteiger partial charge on any atom is -0.478 e. The lowest BCUT2D eigenvalue weighted by Gasteiger charge is -2.14. The van der Waals surface area contributed by atoms with Crippen LogP contribution in [-0.2, 0) is 0 Å². The summed E-state index contributed by atoms with van der Waals surface area (Å²) < 4.78 is 0. The van der Waals surface area contributed by atoms with Gasteiger partial charge >= 0.3 is 11.9 Å². The van der Waals surface area contributed by atoms with E-state index in [1.54, 1.807) is 13.0 Å². The standard InChI is InChI=1S/C21H16O4/c1-13-11-18(19(21(24)25)12-17(13)20(22)23)16-10-6-5-9-15(16)14-7-3-2-4-8-14/h2-12H,1H3,(H,22,23)(H,24,25). The Morgan fingerprint density at radius 1 is 0.680 bits per heavy atom. The molecule has 25 heavy (non-hydrogen) atoms.